The summed E-state index contributed by atoms with van der Waals surface area (Å²) in [5.41, 5.74) is 1.80. The van der Waals surface area contributed by atoms with Crippen molar-refractivity contribution in [3.8, 4) is 17.5 Å². The SMILES string of the molecule is COc1nc(-c2ccco2)c2c(n1)C(Cc1ccc(C(=O)OC(C)(C)C)cc1)OC2=O. The number of benzene rings is 1. The molecule has 8 heteroatoms. The van der Waals surface area contributed by atoms with E-state index in [0.717, 1.165) is 5.56 Å². The molecule has 1 unspecified atom stereocenters. The van der Waals surface area contributed by atoms with Crippen molar-refractivity contribution in [2.24, 2.45) is 0 Å². The molecule has 160 valence electrons. The highest BCUT2D eigenvalue weighted by atomic mass is 16.6. The second-order valence-corrected chi connectivity index (χ2v) is 8.09. The number of fused-ring (bicyclic) bond motifs is 1. The number of hydrogen-bond acceptors (Lipinski definition) is 8. The van der Waals surface area contributed by atoms with Gasteiger partial charge in [-0.05, 0) is 50.6 Å². The molecular formula is C23H22N2O6. The predicted octanol–water partition coefficient (Wildman–Crippen LogP) is 4.15. The van der Waals surface area contributed by atoms with E-state index in [1.54, 1.807) is 36.4 Å². The van der Waals surface area contributed by atoms with Gasteiger partial charge in [0, 0.05) is 6.42 Å². The summed E-state index contributed by atoms with van der Waals surface area (Å²) in [6.07, 6.45) is 1.27. The van der Waals surface area contributed by atoms with Gasteiger partial charge in [0.1, 0.15) is 28.7 Å². The molecular weight excluding hydrogens is 400 g/mol. The number of aromatic nitrogens is 2. The molecule has 0 fully saturated rings. The Morgan fingerprint density at radius 2 is 1.87 bits per heavy atom. The van der Waals surface area contributed by atoms with Crippen molar-refractivity contribution < 1.29 is 28.2 Å². The third-order valence-corrected chi connectivity index (χ3v) is 4.62. The van der Waals surface area contributed by atoms with Gasteiger partial charge in [0.2, 0.25) is 0 Å². The number of rotatable bonds is 5. The first-order chi connectivity index (χ1) is 14.7. The number of cyclic esters (lactones) is 1. The smallest absolute Gasteiger partial charge is 0.343 e. The molecule has 0 radical (unpaired) electrons. The van der Waals surface area contributed by atoms with Gasteiger partial charge in [0.25, 0.3) is 0 Å². The Morgan fingerprint density at radius 1 is 1.13 bits per heavy atom. The van der Waals surface area contributed by atoms with Crippen LogP contribution in [0.4, 0.5) is 0 Å². The fraction of sp³-hybridized carbons (Fsp3) is 0.304. The normalized spacial score (nSPS) is 15.4. The van der Waals surface area contributed by atoms with Crippen LogP contribution in [0.25, 0.3) is 11.5 Å². The Hall–Kier alpha value is -3.68. The summed E-state index contributed by atoms with van der Waals surface area (Å²) in [6.45, 7) is 5.45. The first-order valence-corrected chi connectivity index (χ1v) is 9.78. The van der Waals surface area contributed by atoms with Crippen LogP contribution in [-0.2, 0) is 15.9 Å². The van der Waals surface area contributed by atoms with E-state index in [9.17, 15) is 9.59 Å². The quantitative estimate of drug-likeness (QED) is 0.565. The Balaban J connectivity index is 1.60. The van der Waals surface area contributed by atoms with Crippen molar-refractivity contribution in [1.82, 2.24) is 9.97 Å². The molecule has 4 rings (SSSR count). The molecule has 0 saturated carbocycles. The first kappa shape index (κ1) is 20.6. The molecule has 1 aromatic carbocycles. The Morgan fingerprint density at radius 3 is 2.48 bits per heavy atom. The van der Waals surface area contributed by atoms with Crippen molar-refractivity contribution in [3.63, 3.8) is 0 Å². The van der Waals surface area contributed by atoms with E-state index in [2.05, 4.69) is 9.97 Å². The van der Waals surface area contributed by atoms with E-state index in [0.29, 0.717) is 29.1 Å². The Bertz CT molecular complexity index is 1110. The van der Waals surface area contributed by atoms with Crippen LogP contribution in [-0.4, -0.2) is 34.6 Å². The molecule has 0 aliphatic carbocycles. The summed E-state index contributed by atoms with van der Waals surface area (Å²) >= 11 is 0. The summed E-state index contributed by atoms with van der Waals surface area (Å²) in [4.78, 5) is 33.5. The van der Waals surface area contributed by atoms with E-state index < -0.39 is 23.6 Å². The van der Waals surface area contributed by atoms with Gasteiger partial charge in [0.05, 0.1) is 18.9 Å². The number of esters is 2. The number of nitrogens with zero attached hydrogens (tertiary/aromatic N) is 2. The van der Waals surface area contributed by atoms with Crippen LogP contribution in [0, 0.1) is 0 Å². The third kappa shape index (κ3) is 4.28. The number of ether oxygens (including phenoxy) is 3. The zero-order valence-electron chi connectivity index (χ0n) is 17.7. The highest BCUT2D eigenvalue weighted by Gasteiger charge is 2.38. The summed E-state index contributed by atoms with van der Waals surface area (Å²) < 4.78 is 21.6. The van der Waals surface area contributed by atoms with Gasteiger partial charge in [0.15, 0.2) is 5.76 Å². The van der Waals surface area contributed by atoms with Crippen LogP contribution < -0.4 is 4.74 Å². The molecule has 1 aliphatic rings. The lowest BCUT2D eigenvalue weighted by atomic mass is 10.0. The maximum absolute atomic E-state index is 12.6. The molecule has 0 saturated heterocycles. The number of furan rings is 1. The molecule has 0 amide bonds. The lowest BCUT2D eigenvalue weighted by Crippen LogP contribution is -2.23. The zero-order chi connectivity index (χ0) is 22.2. The molecule has 31 heavy (non-hydrogen) atoms. The van der Waals surface area contributed by atoms with Crippen molar-refractivity contribution in [1.29, 1.82) is 0 Å². The second-order valence-electron chi connectivity index (χ2n) is 8.09. The summed E-state index contributed by atoms with van der Waals surface area (Å²) in [7, 11) is 1.45. The van der Waals surface area contributed by atoms with Gasteiger partial charge >= 0.3 is 17.9 Å². The van der Waals surface area contributed by atoms with Gasteiger partial charge in [-0.15, -0.1) is 0 Å². The molecule has 8 nitrogen and oxygen atoms in total. The van der Waals surface area contributed by atoms with Crippen molar-refractivity contribution in [2.45, 2.75) is 38.9 Å². The molecule has 0 spiro atoms. The van der Waals surface area contributed by atoms with E-state index >= 15 is 0 Å². The molecule has 0 bridgehead atoms. The average molecular weight is 422 g/mol. The predicted molar refractivity (Wildman–Crippen MR) is 110 cm³/mol. The molecule has 1 aliphatic heterocycles. The second kappa shape index (κ2) is 7.86. The highest BCUT2D eigenvalue weighted by Crippen LogP contribution is 2.38. The van der Waals surface area contributed by atoms with Gasteiger partial charge in [-0.2, -0.15) is 9.97 Å². The minimum absolute atomic E-state index is 0.119. The maximum Gasteiger partial charge on any atom is 0.343 e. The summed E-state index contributed by atoms with van der Waals surface area (Å²) in [5, 5.41) is 0. The average Bonchev–Trinajstić information content (AvgIpc) is 3.35. The molecule has 3 heterocycles. The Kier molecular flexibility index (Phi) is 5.22. The largest absolute Gasteiger partial charge is 0.467 e. The molecule has 2 aromatic heterocycles. The lowest BCUT2D eigenvalue weighted by molar-refractivity contribution is 0.00693. The van der Waals surface area contributed by atoms with Crippen LogP contribution in [0.5, 0.6) is 6.01 Å². The van der Waals surface area contributed by atoms with E-state index in [1.807, 2.05) is 20.8 Å². The van der Waals surface area contributed by atoms with Gasteiger partial charge in [-0.25, -0.2) is 9.59 Å². The molecule has 1 atom stereocenters. The van der Waals surface area contributed by atoms with E-state index in [1.165, 1.54) is 13.4 Å². The molecule has 0 N–H and O–H groups in total. The van der Waals surface area contributed by atoms with Crippen LogP contribution in [0.3, 0.4) is 0 Å². The van der Waals surface area contributed by atoms with Crippen molar-refractivity contribution in [2.75, 3.05) is 7.11 Å². The standard InChI is InChI=1S/C23H22N2O6/c1-23(2,3)31-20(26)14-9-7-13(8-10-14)12-16-19-17(21(27)30-16)18(15-6-5-11-29-15)24-22(25-19)28-4/h5-11,16H,12H2,1-4H3. The number of methoxy groups -OCH3 is 1. The third-order valence-electron chi connectivity index (χ3n) is 4.62. The lowest BCUT2D eigenvalue weighted by Gasteiger charge is -2.19. The summed E-state index contributed by atoms with van der Waals surface area (Å²) in [6, 6.07) is 10.5. The van der Waals surface area contributed by atoms with Crippen molar-refractivity contribution >= 4 is 11.9 Å². The Labute approximate surface area is 179 Å². The monoisotopic (exact) mass is 422 g/mol. The van der Waals surface area contributed by atoms with E-state index in [4.69, 9.17) is 18.6 Å². The van der Waals surface area contributed by atoms with Crippen LogP contribution >= 0.6 is 0 Å². The zero-order valence-corrected chi connectivity index (χ0v) is 17.7. The number of carbonyl (C=O) groups is 2. The molecule has 3 aromatic rings. The highest BCUT2D eigenvalue weighted by molar-refractivity contribution is 5.99. The summed E-state index contributed by atoms with van der Waals surface area (Å²) in [5.74, 6) is -0.479. The van der Waals surface area contributed by atoms with Crippen molar-refractivity contribution in [3.05, 3.63) is 65.0 Å². The first-order valence-electron chi connectivity index (χ1n) is 9.78. The van der Waals surface area contributed by atoms with Crippen LogP contribution in [0.2, 0.25) is 0 Å². The topological polar surface area (TPSA) is 101 Å². The van der Waals surface area contributed by atoms with Crippen LogP contribution in [0.15, 0.2) is 47.1 Å². The van der Waals surface area contributed by atoms with Gasteiger partial charge in [-0.1, -0.05) is 12.1 Å². The minimum atomic E-state index is -0.611. The van der Waals surface area contributed by atoms with Gasteiger partial charge < -0.3 is 18.6 Å². The fourth-order valence-electron chi connectivity index (χ4n) is 3.28. The minimum Gasteiger partial charge on any atom is -0.467 e. The fourth-order valence-corrected chi connectivity index (χ4v) is 3.28. The van der Waals surface area contributed by atoms with Crippen LogP contribution in [0.1, 0.15) is 58.8 Å². The van der Waals surface area contributed by atoms with E-state index in [-0.39, 0.29) is 11.6 Å². The number of hydrogen-bond donors (Lipinski definition) is 0. The maximum atomic E-state index is 12.6. The van der Waals surface area contributed by atoms with Gasteiger partial charge in [-0.3, -0.25) is 0 Å². The number of carbonyl (C=O) groups excluding carboxylic acids is 2.